The highest BCUT2D eigenvalue weighted by atomic mass is 32.2. The molecule has 0 saturated carbocycles. The summed E-state index contributed by atoms with van der Waals surface area (Å²) in [6.07, 6.45) is 0.760. The van der Waals surface area contributed by atoms with E-state index in [1.54, 1.807) is 18.2 Å². The lowest BCUT2D eigenvalue weighted by Crippen LogP contribution is -2.14. The van der Waals surface area contributed by atoms with Crippen LogP contribution in [0, 0.1) is 11.6 Å². The Kier molecular flexibility index (Phi) is 4.97. The minimum absolute atomic E-state index is 0.209. The molecule has 2 aromatic carbocycles. The van der Waals surface area contributed by atoms with Gasteiger partial charge < -0.3 is 4.74 Å². The highest BCUT2D eigenvalue weighted by Crippen LogP contribution is 2.27. The first-order valence-corrected chi connectivity index (χ1v) is 8.11. The number of rotatable bonds is 6. The highest BCUT2D eigenvalue weighted by Gasteiger charge is 2.18. The van der Waals surface area contributed by atoms with Gasteiger partial charge in [-0.25, -0.2) is 17.2 Å². The first-order valence-electron chi connectivity index (χ1n) is 6.63. The Morgan fingerprint density at radius 2 is 1.73 bits per heavy atom. The number of benzene rings is 2. The fraction of sp³-hybridized carbons (Fsp3) is 0.200. The van der Waals surface area contributed by atoms with Crippen LogP contribution in [0.3, 0.4) is 0 Å². The van der Waals surface area contributed by atoms with Gasteiger partial charge in [0.1, 0.15) is 17.4 Å². The lowest BCUT2D eigenvalue weighted by atomic mass is 10.3. The Morgan fingerprint density at radius 3 is 2.36 bits per heavy atom. The smallest absolute Gasteiger partial charge is 0.262 e. The SMILES string of the molecule is CCCOc1ccccc1NS(=O)(=O)c1cc(F)cc(F)c1. The van der Waals surface area contributed by atoms with Crippen LogP contribution in [0.1, 0.15) is 13.3 Å². The maximum atomic E-state index is 13.2. The first kappa shape index (κ1) is 16.2. The van der Waals surface area contributed by atoms with E-state index in [4.69, 9.17) is 4.74 Å². The molecular weight excluding hydrogens is 312 g/mol. The number of hydrogen-bond donors (Lipinski definition) is 1. The molecule has 2 rings (SSSR count). The molecule has 118 valence electrons. The number of sulfonamides is 1. The van der Waals surface area contributed by atoms with Gasteiger partial charge in [0, 0.05) is 6.07 Å². The standard InChI is InChI=1S/C15H15F2NO3S/c1-2-7-21-15-6-4-3-5-14(15)18-22(19,20)13-9-11(16)8-12(17)10-13/h3-6,8-10,18H,2,7H2,1H3. The molecule has 0 heterocycles. The van der Waals surface area contributed by atoms with Gasteiger partial charge in [-0.05, 0) is 30.7 Å². The van der Waals surface area contributed by atoms with Crippen LogP contribution in [0.5, 0.6) is 5.75 Å². The predicted molar refractivity (Wildman–Crippen MR) is 79.4 cm³/mol. The molecule has 0 unspecified atom stereocenters. The van der Waals surface area contributed by atoms with Gasteiger partial charge in [0.25, 0.3) is 10.0 Å². The van der Waals surface area contributed by atoms with Crippen molar-refractivity contribution in [1.29, 1.82) is 0 Å². The third-order valence-corrected chi connectivity index (χ3v) is 4.08. The van der Waals surface area contributed by atoms with E-state index < -0.39 is 26.6 Å². The van der Waals surface area contributed by atoms with Crippen molar-refractivity contribution in [3.8, 4) is 5.75 Å². The van der Waals surface area contributed by atoms with E-state index in [9.17, 15) is 17.2 Å². The average molecular weight is 327 g/mol. The third kappa shape index (κ3) is 3.94. The fourth-order valence-electron chi connectivity index (χ4n) is 1.78. The van der Waals surface area contributed by atoms with Crippen molar-refractivity contribution < 1.29 is 21.9 Å². The van der Waals surface area contributed by atoms with Gasteiger partial charge in [-0.3, -0.25) is 4.72 Å². The molecule has 0 saturated heterocycles. The van der Waals surface area contributed by atoms with E-state index in [1.165, 1.54) is 6.07 Å². The molecule has 0 aliphatic heterocycles. The topological polar surface area (TPSA) is 55.4 Å². The molecule has 0 radical (unpaired) electrons. The van der Waals surface area contributed by atoms with Crippen LogP contribution in [0.25, 0.3) is 0 Å². The van der Waals surface area contributed by atoms with Crippen molar-refractivity contribution in [2.24, 2.45) is 0 Å². The number of nitrogens with one attached hydrogen (secondary N) is 1. The van der Waals surface area contributed by atoms with E-state index in [0.29, 0.717) is 18.4 Å². The number of anilines is 1. The lowest BCUT2D eigenvalue weighted by molar-refractivity contribution is 0.319. The molecule has 4 nitrogen and oxygen atoms in total. The maximum absolute atomic E-state index is 13.2. The van der Waals surface area contributed by atoms with Gasteiger partial charge in [-0.15, -0.1) is 0 Å². The summed E-state index contributed by atoms with van der Waals surface area (Å²) in [7, 11) is -4.12. The molecule has 0 aliphatic rings. The summed E-state index contributed by atoms with van der Waals surface area (Å²) in [5.74, 6) is -1.57. The van der Waals surface area contributed by atoms with Gasteiger partial charge in [0.05, 0.1) is 17.2 Å². The Labute approximate surface area is 127 Å². The molecule has 22 heavy (non-hydrogen) atoms. The number of para-hydroxylation sites is 2. The molecule has 7 heteroatoms. The zero-order valence-corrected chi connectivity index (χ0v) is 12.7. The number of halogens is 2. The molecule has 0 amide bonds. The summed E-state index contributed by atoms with van der Waals surface area (Å²) < 4.78 is 58.6. The minimum atomic E-state index is -4.12. The largest absolute Gasteiger partial charge is 0.491 e. The summed E-state index contributed by atoms with van der Waals surface area (Å²) >= 11 is 0. The Balaban J connectivity index is 2.33. The zero-order valence-electron chi connectivity index (χ0n) is 11.8. The third-order valence-electron chi connectivity index (χ3n) is 2.74. The van der Waals surface area contributed by atoms with Gasteiger partial charge >= 0.3 is 0 Å². The van der Waals surface area contributed by atoms with E-state index in [2.05, 4.69) is 4.72 Å². The Hall–Kier alpha value is -2.15. The normalized spacial score (nSPS) is 11.2. The summed E-state index contributed by atoms with van der Waals surface area (Å²) in [5.41, 5.74) is 0.209. The number of ether oxygens (including phenoxy) is 1. The second-order valence-electron chi connectivity index (χ2n) is 4.56. The lowest BCUT2D eigenvalue weighted by Gasteiger charge is -2.13. The maximum Gasteiger partial charge on any atom is 0.262 e. The van der Waals surface area contributed by atoms with Crippen molar-refractivity contribution in [2.45, 2.75) is 18.2 Å². The van der Waals surface area contributed by atoms with E-state index in [0.717, 1.165) is 18.6 Å². The van der Waals surface area contributed by atoms with E-state index >= 15 is 0 Å². The van der Waals surface area contributed by atoms with Gasteiger partial charge in [0.15, 0.2) is 0 Å². The second-order valence-corrected chi connectivity index (χ2v) is 6.24. The van der Waals surface area contributed by atoms with Gasteiger partial charge in [-0.1, -0.05) is 19.1 Å². The van der Waals surface area contributed by atoms with E-state index in [1.807, 2.05) is 6.92 Å². The molecule has 2 aromatic rings. The van der Waals surface area contributed by atoms with E-state index in [-0.39, 0.29) is 5.69 Å². The Bertz CT molecular complexity index is 743. The van der Waals surface area contributed by atoms with Crippen molar-refractivity contribution in [2.75, 3.05) is 11.3 Å². The minimum Gasteiger partial charge on any atom is -0.491 e. The van der Waals surface area contributed by atoms with Crippen LogP contribution in [0.4, 0.5) is 14.5 Å². The highest BCUT2D eigenvalue weighted by molar-refractivity contribution is 7.92. The molecule has 0 spiro atoms. The molecule has 0 atom stereocenters. The molecule has 0 bridgehead atoms. The van der Waals surface area contributed by atoms with Crippen LogP contribution >= 0.6 is 0 Å². The van der Waals surface area contributed by atoms with Crippen molar-refractivity contribution in [1.82, 2.24) is 0 Å². The van der Waals surface area contributed by atoms with Crippen LogP contribution in [-0.2, 0) is 10.0 Å². The second kappa shape index (κ2) is 6.74. The summed E-state index contributed by atoms with van der Waals surface area (Å²) in [4.78, 5) is -0.490. The summed E-state index contributed by atoms with van der Waals surface area (Å²) in [6.45, 7) is 2.34. The van der Waals surface area contributed by atoms with Crippen molar-refractivity contribution in [3.63, 3.8) is 0 Å². The molecule has 0 aliphatic carbocycles. The summed E-state index contributed by atoms with van der Waals surface area (Å²) in [6, 6.07) is 8.56. The summed E-state index contributed by atoms with van der Waals surface area (Å²) in [5, 5.41) is 0. The van der Waals surface area contributed by atoms with Crippen molar-refractivity contribution >= 4 is 15.7 Å². The zero-order chi connectivity index (χ0) is 16.2. The first-order chi connectivity index (χ1) is 10.4. The molecule has 1 N–H and O–H groups in total. The Morgan fingerprint density at radius 1 is 1.09 bits per heavy atom. The van der Waals surface area contributed by atoms with Gasteiger partial charge in [-0.2, -0.15) is 0 Å². The van der Waals surface area contributed by atoms with Crippen LogP contribution in [0.2, 0.25) is 0 Å². The quantitative estimate of drug-likeness (QED) is 0.883. The molecule has 0 fully saturated rings. The van der Waals surface area contributed by atoms with Gasteiger partial charge in [0.2, 0.25) is 0 Å². The average Bonchev–Trinajstić information content (AvgIpc) is 2.45. The van der Waals surface area contributed by atoms with Crippen LogP contribution in [0.15, 0.2) is 47.4 Å². The van der Waals surface area contributed by atoms with Crippen LogP contribution in [-0.4, -0.2) is 15.0 Å². The fourth-order valence-corrected chi connectivity index (χ4v) is 2.89. The molecule has 0 aromatic heterocycles. The molecular formula is C15H15F2NO3S. The number of hydrogen-bond acceptors (Lipinski definition) is 3. The monoisotopic (exact) mass is 327 g/mol. The van der Waals surface area contributed by atoms with Crippen LogP contribution < -0.4 is 9.46 Å². The predicted octanol–water partition coefficient (Wildman–Crippen LogP) is 3.55. The van der Waals surface area contributed by atoms with Crippen molar-refractivity contribution in [3.05, 3.63) is 54.1 Å².